The molecule has 0 spiro atoms. The van der Waals surface area contributed by atoms with Gasteiger partial charge in [0.1, 0.15) is 16.5 Å². The number of anilines is 2. The molecule has 1 unspecified atom stereocenters. The monoisotopic (exact) mass is 757 g/mol. The predicted octanol–water partition coefficient (Wildman–Crippen LogP) is 4.18. The largest absolute Gasteiger partial charge is 0.472 e. The molecular formula is C38H47N9O6S. The Kier molecular flexibility index (Phi) is 11.3. The van der Waals surface area contributed by atoms with Gasteiger partial charge in [-0.1, -0.05) is 50.3 Å². The van der Waals surface area contributed by atoms with Gasteiger partial charge in [-0.3, -0.25) is 4.79 Å². The summed E-state index contributed by atoms with van der Waals surface area (Å²) in [5, 5.41) is 33.5. The summed E-state index contributed by atoms with van der Waals surface area (Å²) in [6, 6.07) is 12.4. The van der Waals surface area contributed by atoms with E-state index < -0.39 is 27.4 Å². The van der Waals surface area contributed by atoms with Crippen LogP contribution >= 0.6 is 0 Å². The van der Waals surface area contributed by atoms with Gasteiger partial charge >= 0.3 is 0 Å². The van der Waals surface area contributed by atoms with Gasteiger partial charge in [0, 0.05) is 25.2 Å². The third kappa shape index (κ3) is 7.51. The number of pyridine rings is 1. The van der Waals surface area contributed by atoms with Crippen LogP contribution in [0.3, 0.4) is 0 Å². The van der Waals surface area contributed by atoms with Crippen molar-refractivity contribution in [3.63, 3.8) is 0 Å². The summed E-state index contributed by atoms with van der Waals surface area (Å²) in [6.45, 7) is 11.9. The number of hydrogen-bond donors (Lipinski definition) is 4. The van der Waals surface area contributed by atoms with Crippen molar-refractivity contribution in [2.45, 2.75) is 84.0 Å². The van der Waals surface area contributed by atoms with Gasteiger partial charge in [0.2, 0.25) is 27.8 Å². The van der Waals surface area contributed by atoms with E-state index in [0.29, 0.717) is 18.7 Å². The summed E-state index contributed by atoms with van der Waals surface area (Å²) in [4.78, 5) is 27.1. The summed E-state index contributed by atoms with van der Waals surface area (Å²) >= 11 is 0. The zero-order chi connectivity index (χ0) is 38.8. The second-order valence-corrected chi connectivity index (χ2v) is 16.0. The zero-order valence-electron chi connectivity index (χ0n) is 31.3. The highest BCUT2D eigenvalue weighted by molar-refractivity contribution is 7.89. The van der Waals surface area contributed by atoms with Crippen LogP contribution < -0.4 is 15.4 Å². The van der Waals surface area contributed by atoms with Gasteiger partial charge in [0.05, 0.1) is 54.8 Å². The first-order chi connectivity index (χ1) is 25.8. The smallest absolute Gasteiger partial charge is 0.248 e. The van der Waals surface area contributed by atoms with E-state index in [2.05, 4.69) is 35.9 Å². The van der Waals surface area contributed by atoms with Gasteiger partial charge in [-0.05, 0) is 73.2 Å². The quantitative estimate of drug-likeness (QED) is 0.134. The van der Waals surface area contributed by atoms with Crippen LogP contribution in [0, 0.1) is 19.3 Å². The van der Waals surface area contributed by atoms with Gasteiger partial charge < -0.3 is 25.6 Å². The molecule has 0 saturated heterocycles. The number of fused-ring (bicyclic) bond motifs is 2. The average Bonchev–Trinajstić information content (AvgIpc) is 3.55. The van der Waals surface area contributed by atoms with Crippen molar-refractivity contribution >= 4 is 38.6 Å². The summed E-state index contributed by atoms with van der Waals surface area (Å²) in [5.41, 5.74) is 5.13. The molecule has 0 fully saturated rings. The number of aromatic nitrogens is 6. The highest BCUT2D eigenvalue weighted by Crippen LogP contribution is 2.45. The topological polar surface area (TPSA) is 198 Å². The van der Waals surface area contributed by atoms with Crippen molar-refractivity contribution in [3.8, 4) is 5.88 Å². The number of carbonyl (C=O) groups excluding carboxylic acids is 1. The van der Waals surface area contributed by atoms with E-state index in [1.54, 1.807) is 6.07 Å². The van der Waals surface area contributed by atoms with E-state index in [1.807, 2.05) is 76.6 Å². The number of hydrogen-bond acceptors (Lipinski definition) is 12. The van der Waals surface area contributed by atoms with Gasteiger partial charge in [0.25, 0.3) is 0 Å². The summed E-state index contributed by atoms with van der Waals surface area (Å²) in [7, 11) is -3.96. The molecule has 1 amide bonds. The number of nitrogens with zero attached hydrogens (tertiary/aromatic N) is 7. The van der Waals surface area contributed by atoms with Crippen molar-refractivity contribution in [1.82, 2.24) is 34.3 Å². The maximum Gasteiger partial charge on any atom is 0.248 e. The van der Waals surface area contributed by atoms with Gasteiger partial charge in [-0.15, -0.1) is 5.10 Å². The standard InChI is InChI=1S/C38H47N9O6S/c1-7-29-20-46(54(51,52)32-10-9-15-39-35(32)53-29)19-26-16-25(12-11-23(26)3)33(30-13-14-31-34(24(30)4)44-45-47(31)8-2)38(5,6)36(50)42-27-17-40-37(41-18-27)43-28(21-48)22-49/h9-18,28-29,33,48-49H,7-8,19-22H2,1-6H3,(H,42,50)(H,40,41,43)/t29-,33?/m1/s1. The van der Waals surface area contributed by atoms with Crippen molar-refractivity contribution in [1.29, 1.82) is 0 Å². The SMILES string of the molecule is CC[C@@H]1CN(Cc2cc(C(c3ccc4c(nnn4CC)c3C)C(C)(C)C(=O)Nc3cnc(NC(CO)CO)nc3)ccc2C)S(=O)(=O)c2cccnc2O1. The van der Waals surface area contributed by atoms with E-state index in [0.717, 1.165) is 38.9 Å². The summed E-state index contributed by atoms with van der Waals surface area (Å²) in [6.07, 6.45) is 4.64. The number of benzene rings is 2. The molecule has 4 N–H and O–H groups in total. The number of carbonyl (C=O) groups is 1. The number of aryl methyl sites for hydroxylation is 3. The van der Waals surface area contributed by atoms with Crippen LogP contribution in [0.1, 0.15) is 67.9 Å². The predicted molar refractivity (Wildman–Crippen MR) is 204 cm³/mol. The minimum absolute atomic E-state index is 0.0314. The third-order valence-corrected chi connectivity index (χ3v) is 12.0. The lowest BCUT2D eigenvalue weighted by molar-refractivity contribution is -0.124. The molecule has 2 atom stereocenters. The molecule has 15 nitrogen and oxygen atoms in total. The lowest BCUT2D eigenvalue weighted by Crippen LogP contribution is -2.38. The van der Waals surface area contributed by atoms with Crippen molar-refractivity contribution in [3.05, 3.63) is 88.9 Å². The molecule has 1 aliphatic heterocycles. The number of aliphatic hydroxyl groups excluding tert-OH is 2. The lowest BCUT2D eigenvalue weighted by atomic mass is 9.69. The Morgan fingerprint density at radius 1 is 1.06 bits per heavy atom. The Morgan fingerprint density at radius 3 is 2.48 bits per heavy atom. The number of rotatable bonds is 13. The van der Waals surface area contributed by atoms with Gasteiger partial charge in [-0.2, -0.15) is 4.31 Å². The van der Waals surface area contributed by atoms with Crippen LogP contribution in [0.2, 0.25) is 0 Å². The molecule has 2 aromatic carbocycles. The Balaban J connectivity index is 1.40. The summed E-state index contributed by atoms with van der Waals surface area (Å²) in [5.74, 6) is -0.534. The normalized spacial score (nSPS) is 16.4. The Bertz CT molecular complexity index is 2240. The molecule has 0 radical (unpaired) electrons. The molecule has 4 heterocycles. The molecule has 0 saturated carbocycles. The van der Waals surface area contributed by atoms with Crippen LogP contribution in [0.25, 0.3) is 11.0 Å². The zero-order valence-corrected chi connectivity index (χ0v) is 32.1. The van der Waals surface area contributed by atoms with Gasteiger partial charge in [-0.25, -0.2) is 28.1 Å². The Morgan fingerprint density at radius 2 is 1.80 bits per heavy atom. The molecule has 5 aromatic rings. The maximum atomic E-state index is 14.4. The number of amides is 1. The van der Waals surface area contributed by atoms with E-state index >= 15 is 0 Å². The summed E-state index contributed by atoms with van der Waals surface area (Å²) < 4.78 is 37.5. The molecule has 6 rings (SSSR count). The number of aliphatic hydroxyl groups is 2. The number of sulfonamides is 1. The fourth-order valence-corrected chi connectivity index (χ4v) is 8.37. The van der Waals surface area contributed by atoms with E-state index in [-0.39, 0.29) is 55.0 Å². The highest BCUT2D eigenvalue weighted by Gasteiger charge is 2.41. The van der Waals surface area contributed by atoms with Crippen molar-refractivity contribution in [2.75, 3.05) is 30.4 Å². The first kappa shape index (κ1) is 38.7. The number of nitrogens with one attached hydrogen (secondary N) is 2. The fourth-order valence-electron chi connectivity index (χ4n) is 6.85. The van der Waals surface area contributed by atoms with Crippen LogP contribution in [-0.4, -0.2) is 90.7 Å². The van der Waals surface area contributed by atoms with Crippen molar-refractivity contribution < 1.29 is 28.2 Å². The molecule has 16 heteroatoms. The first-order valence-electron chi connectivity index (χ1n) is 18.0. The molecule has 54 heavy (non-hydrogen) atoms. The fraction of sp³-hybridized carbons (Fsp3) is 0.421. The third-order valence-electron chi connectivity index (χ3n) is 10.1. The highest BCUT2D eigenvalue weighted by atomic mass is 32.2. The molecule has 0 aliphatic carbocycles. The molecular weight excluding hydrogens is 711 g/mol. The van der Waals surface area contributed by atoms with E-state index in [1.165, 1.54) is 29.0 Å². The Labute approximate surface area is 314 Å². The van der Waals surface area contributed by atoms with E-state index in [9.17, 15) is 23.4 Å². The Hall–Kier alpha value is -5.03. The molecule has 0 bridgehead atoms. The van der Waals surface area contributed by atoms with Crippen LogP contribution in [-0.2, 0) is 27.9 Å². The molecule has 3 aromatic heterocycles. The van der Waals surface area contributed by atoms with Crippen LogP contribution in [0.15, 0.2) is 66.0 Å². The first-order valence-corrected chi connectivity index (χ1v) is 19.4. The minimum Gasteiger partial charge on any atom is -0.472 e. The second-order valence-electron chi connectivity index (χ2n) is 14.1. The number of ether oxygens (including phenoxy) is 1. The molecule has 286 valence electrons. The average molecular weight is 758 g/mol. The lowest BCUT2D eigenvalue weighted by Gasteiger charge is -2.35. The van der Waals surface area contributed by atoms with Crippen LogP contribution in [0.5, 0.6) is 5.88 Å². The minimum atomic E-state index is -3.96. The van der Waals surface area contributed by atoms with E-state index in [4.69, 9.17) is 4.74 Å². The second kappa shape index (κ2) is 15.8. The van der Waals surface area contributed by atoms with Crippen LogP contribution in [0.4, 0.5) is 11.6 Å². The van der Waals surface area contributed by atoms with Crippen molar-refractivity contribution in [2.24, 2.45) is 5.41 Å². The van der Waals surface area contributed by atoms with Gasteiger partial charge in [0.15, 0.2) is 0 Å². The maximum absolute atomic E-state index is 14.4. The molecule has 1 aliphatic rings.